The lowest BCUT2D eigenvalue weighted by Crippen LogP contribution is -2.63. The molecule has 1 saturated heterocycles. The monoisotopic (exact) mass is 549 g/mol. The zero-order valence-electron chi connectivity index (χ0n) is 21.1. The van der Waals surface area contributed by atoms with Gasteiger partial charge in [-0.2, -0.15) is 0 Å². The van der Waals surface area contributed by atoms with Gasteiger partial charge in [0.05, 0.1) is 29.1 Å². The number of hydrogen-bond acceptors (Lipinski definition) is 9. The average molecular weight is 550 g/mol. The third kappa shape index (κ3) is 5.94. The number of piperidine rings is 1. The number of benzene rings is 2. The van der Waals surface area contributed by atoms with Gasteiger partial charge in [0.2, 0.25) is 11.7 Å². The van der Waals surface area contributed by atoms with Crippen LogP contribution in [-0.2, 0) is 11.2 Å². The van der Waals surface area contributed by atoms with Crippen molar-refractivity contribution < 1.29 is 28.9 Å². The van der Waals surface area contributed by atoms with Crippen molar-refractivity contribution in [3.05, 3.63) is 66.7 Å². The van der Waals surface area contributed by atoms with Gasteiger partial charge in [-0.05, 0) is 37.9 Å². The normalized spacial score (nSPS) is 14.3. The van der Waals surface area contributed by atoms with Crippen molar-refractivity contribution in [2.75, 3.05) is 40.9 Å². The van der Waals surface area contributed by atoms with Crippen LogP contribution in [0.15, 0.2) is 30.3 Å². The molecule has 13 nitrogen and oxygen atoms in total. The minimum atomic E-state index is -1.31. The Morgan fingerprint density at radius 2 is 1.68 bits per heavy atom. The van der Waals surface area contributed by atoms with Crippen LogP contribution in [0.2, 0.25) is 5.02 Å². The zero-order chi connectivity index (χ0) is 28.0. The molecular weight excluding hydrogens is 522 g/mol. The highest BCUT2D eigenvalue weighted by Gasteiger charge is 2.44. The molecule has 0 unspecified atom stereocenters. The minimum absolute atomic E-state index is 0.0262. The summed E-state index contributed by atoms with van der Waals surface area (Å²) in [5.74, 6) is -1.60. The summed E-state index contributed by atoms with van der Waals surface area (Å²) < 4.78 is 10.5. The average Bonchev–Trinajstić information content (AvgIpc) is 2.91. The Morgan fingerprint density at radius 1 is 1.08 bits per heavy atom. The van der Waals surface area contributed by atoms with E-state index >= 15 is 0 Å². The maximum atomic E-state index is 13.7. The Hall–Kier alpha value is -3.97. The molecule has 1 aliphatic rings. The first kappa shape index (κ1) is 28.6. The first-order valence-corrected chi connectivity index (χ1v) is 12.0. The number of nitrogens with zero attached hydrogens (tertiary/aromatic N) is 3. The van der Waals surface area contributed by atoms with E-state index in [1.54, 1.807) is 19.2 Å². The number of carbonyl (C=O) groups excluding carboxylic acids is 2. The van der Waals surface area contributed by atoms with Crippen molar-refractivity contribution >= 4 is 34.8 Å². The standard InChI is InChI=1S/C24H28ClN5O8/c1-28(13-8-15-4-6-16(7-5-15)29(33)34)23(32)24(9-11-26-12-10-24)27-22(31)19-20(37-2)17(25)14-18(30(35)36)21(19)38-3/h4-7,14,26H,8-13H2,1-3H3,(H,27,31). The van der Waals surface area contributed by atoms with E-state index < -0.39 is 27.0 Å². The van der Waals surface area contributed by atoms with Crippen LogP contribution in [0.5, 0.6) is 11.5 Å². The lowest BCUT2D eigenvalue weighted by molar-refractivity contribution is -0.385. The predicted octanol–water partition coefficient (Wildman–Crippen LogP) is 2.73. The van der Waals surface area contributed by atoms with Crippen LogP contribution >= 0.6 is 11.6 Å². The smallest absolute Gasteiger partial charge is 0.313 e. The van der Waals surface area contributed by atoms with E-state index in [0.717, 1.165) is 11.6 Å². The van der Waals surface area contributed by atoms with E-state index in [9.17, 15) is 29.8 Å². The van der Waals surface area contributed by atoms with E-state index in [-0.39, 0.29) is 53.1 Å². The number of ether oxygens (including phenoxy) is 2. The fraction of sp³-hybridized carbons (Fsp3) is 0.417. The summed E-state index contributed by atoms with van der Waals surface area (Å²) in [6.45, 7) is 1.19. The Balaban J connectivity index is 1.88. The molecule has 0 radical (unpaired) electrons. The highest BCUT2D eigenvalue weighted by atomic mass is 35.5. The van der Waals surface area contributed by atoms with Crippen LogP contribution in [-0.4, -0.2) is 73.0 Å². The molecule has 0 atom stereocenters. The fourth-order valence-corrected chi connectivity index (χ4v) is 4.70. The van der Waals surface area contributed by atoms with Gasteiger partial charge >= 0.3 is 5.69 Å². The molecule has 204 valence electrons. The molecule has 0 saturated carbocycles. The topological polar surface area (TPSA) is 166 Å². The maximum absolute atomic E-state index is 13.7. The molecule has 2 aromatic carbocycles. The van der Waals surface area contributed by atoms with Gasteiger partial charge in [0.15, 0.2) is 5.75 Å². The van der Waals surface area contributed by atoms with Gasteiger partial charge in [-0.3, -0.25) is 29.8 Å². The van der Waals surface area contributed by atoms with Crippen LogP contribution in [0.1, 0.15) is 28.8 Å². The van der Waals surface area contributed by atoms with Gasteiger partial charge in [0.1, 0.15) is 11.1 Å². The lowest BCUT2D eigenvalue weighted by atomic mass is 9.86. The number of hydrogen-bond donors (Lipinski definition) is 2. The van der Waals surface area contributed by atoms with E-state index in [1.807, 2.05) is 0 Å². The van der Waals surface area contributed by atoms with Crippen LogP contribution in [0.3, 0.4) is 0 Å². The Labute approximate surface area is 223 Å². The van der Waals surface area contributed by atoms with Crippen LogP contribution in [0, 0.1) is 20.2 Å². The van der Waals surface area contributed by atoms with Gasteiger partial charge in [-0.15, -0.1) is 0 Å². The third-order valence-corrected chi connectivity index (χ3v) is 6.73. The van der Waals surface area contributed by atoms with Crippen LogP contribution in [0.25, 0.3) is 0 Å². The number of rotatable bonds is 10. The summed E-state index contributed by atoms with van der Waals surface area (Å²) in [6.07, 6.45) is 0.976. The highest BCUT2D eigenvalue weighted by molar-refractivity contribution is 6.33. The van der Waals surface area contributed by atoms with Crippen molar-refractivity contribution in [1.82, 2.24) is 15.5 Å². The molecular formula is C24H28ClN5O8. The largest absolute Gasteiger partial charge is 0.494 e. The summed E-state index contributed by atoms with van der Waals surface area (Å²) in [5.41, 5.74) is -1.33. The molecule has 2 amide bonds. The fourth-order valence-electron chi connectivity index (χ4n) is 4.42. The van der Waals surface area contributed by atoms with Gasteiger partial charge in [0, 0.05) is 31.8 Å². The molecule has 2 aromatic rings. The highest BCUT2D eigenvalue weighted by Crippen LogP contribution is 2.42. The molecule has 3 rings (SSSR count). The Kier molecular flexibility index (Phi) is 9.07. The Bertz CT molecular complexity index is 1230. The van der Waals surface area contributed by atoms with Crippen molar-refractivity contribution in [2.24, 2.45) is 0 Å². The molecule has 1 heterocycles. The number of carbonyl (C=O) groups is 2. The summed E-state index contributed by atoms with van der Waals surface area (Å²) in [4.78, 5) is 50.0. The maximum Gasteiger partial charge on any atom is 0.313 e. The molecule has 2 N–H and O–H groups in total. The molecule has 38 heavy (non-hydrogen) atoms. The zero-order valence-corrected chi connectivity index (χ0v) is 21.9. The van der Waals surface area contributed by atoms with Crippen molar-refractivity contribution in [3.63, 3.8) is 0 Å². The van der Waals surface area contributed by atoms with Crippen LogP contribution in [0.4, 0.5) is 11.4 Å². The molecule has 0 aromatic heterocycles. The number of amides is 2. The molecule has 1 fully saturated rings. The number of non-ortho nitro benzene ring substituents is 1. The Morgan fingerprint density at radius 3 is 2.21 bits per heavy atom. The number of halogens is 1. The first-order chi connectivity index (χ1) is 18.0. The summed E-state index contributed by atoms with van der Waals surface area (Å²) in [6, 6.07) is 7.09. The summed E-state index contributed by atoms with van der Waals surface area (Å²) in [7, 11) is 4.06. The number of likely N-dealkylation sites (N-methyl/N-ethyl adjacent to an activating group) is 1. The van der Waals surface area contributed by atoms with Crippen molar-refractivity contribution in [3.8, 4) is 11.5 Å². The third-order valence-electron chi connectivity index (χ3n) is 6.45. The molecule has 0 aliphatic carbocycles. The number of methoxy groups -OCH3 is 2. The lowest BCUT2D eigenvalue weighted by Gasteiger charge is -2.39. The minimum Gasteiger partial charge on any atom is -0.494 e. The number of nitrogens with one attached hydrogen (secondary N) is 2. The second kappa shape index (κ2) is 12.0. The quantitative estimate of drug-likeness (QED) is 0.334. The van der Waals surface area contributed by atoms with Gasteiger partial charge in [-0.25, -0.2) is 0 Å². The summed E-state index contributed by atoms with van der Waals surface area (Å²) >= 11 is 6.18. The van der Waals surface area contributed by atoms with E-state index in [1.165, 1.54) is 31.3 Å². The summed E-state index contributed by atoms with van der Waals surface area (Å²) in [5, 5.41) is 28.3. The SMILES string of the molecule is COc1c(Cl)cc([N+](=O)[O-])c(OC)c1C(=O)NC1(C(=O)N(C)CCc2ccc([N+](=O)[O-])cc2)CCNCC1. The number of nitro benzene ring substituents is 2. The second-order valence-corrected chi connectivity index (χ2v) is 9.17. The van der Waals surface area contributed by atoms with Gasteiger partial charge < -0.3 is 25.0 Å². The molecule has 0 bridgehead atoms. The molecule has 0 spiro atoms. The van der Waals surface area contributed by atoms with E-state index in [4.69, 9.17) is 21.1 Å². The number of nitro groups is 2. The van der Waals surface area contributed by atoms with E-state index in [2.05, 4.69) is 10.6 Å². The molecule has 14 heteroatoms. The van der Waals surface area contributed by atoms with Crippen LogP contribution < -0.4 is 20.1 Å². The first-order valence-electron chi connectivity index (χ1n) is 11.7. The van der Waals surface area contributed by atoms with Crippen molar-refractivity contribution in [1.29, 1.82) is 0 Å². The predicted molar refractivity (Wildman–Crippen MR) is 138 cm³/mol. The van der Waals surface area contributed by atoms with Crippen molar-refractivity contribution in [2.45, 2.75) is 24.8 Å². The molecule has 1 aliphatic heterocycles. The van der Waals surface area contributed by atoms with Gasteiger partial charge in [-0.1, -0.05) is 23.7 Å². The van der Waals surface area contributed by atoms with Gasteiger partial charge in [0.25, 0.3) is 11.6 Å². The second-order valence-electron chi connectivity index (χ2n) is 8.76. The van der Waals surface area contributed by atoms with E-state index in [0.29, 0.717) is 19.5 Å².